The first-order valence-electron chi connectivity index (χ1n) is 8.94. The monoisotopic (exact) mass is 420 g/mol. The molecule has 1 aromatic carbocycles. The van der Waals surface area contributed by atoms with Gasteiger partial charge in [-0.15, -0.1) is 0 Å². The van der Waals surface area contributed by atoms with Crippen LogP contribution < -0.4 is 4.52 Å². The van der Waals surface area contributed by atoms with Gasteiger partial charge in [0.25, 0.3) is 0 Å². The Morgan fingerprint density at radius 2 is 1.33 bits per heavy atom. The van der Waals surface area contributed by atoms with Crippen LogP contribution in [0.1, 0.15) is 65.2 Å². The summed E-state index contributed by atoms with van der Waals surface area (Å²) in [7, 11) is -3.57. The number of benzene rings is 1. The van der Waals surface area contributed by atoms with Gasteiger partial charge in [0.1, 0.15) is 5.75 Å². The van der Waals surface area contributed by atoms with Crippen molar-refractivity contribution in [3.63, 3.8) is 0 Å². The van der Waals surface area contributed by atoms with Crippen LogP contribution in [0.3, 0.4) is 0 Å². The molecule has 0 aliphatic heterocycles. The molecule has 0 saturated carbocycles. The van der Waals surface area contributed by atoms with Crippen molar-refractivity contribution < 1.29 is 18.1 Å². The summed E-state index contributed by atoms with van der Waals surface area (Å²) in [6, 6.07) is 7.17. The summed E-state index contributed by atoms with van der Waals surface area (Å²) >= 11 is 3.37. The lowest BCUT2D eigenvalue weighted by Crippen LogP contribution is -2.05. The maximum Gasteiger partial charge on any atom is 0.530 e. The standard InChI is InChI=1S/C18H30BrO4P/c1-3-5-7-9-15-21-24(20,22-16-10-8-6-4-2)23-18-13-11-17(19)12-14-18/h11-14H,3-10,15-16H2,1-2H3. The van der Waals surface area contributed by atoms with Gasteiger partial charge in [0.05, 0.1) is 13.2 Å². The van der Waals surface area contributed by atoms with Gasteiger partial charge in [0.2, 0.25) is 0 Å². The van der Waals surface area contributed by atoms with E-state index in [-0.39, 0.29) is 0 Å². The van der Waals surface area contributed by atoms with E-state index in [9.17, 15) is 4.57 Å². The van der Waals surface area contributed by atoms with Gasteiger partial charge in [-0.1, -0.05) is 68.3 Å². The first-order chi connectivity index (χ1) is 11.6. The van der Waals surface area contributed by atoms with Gasteiger partial charge in [-0.2, -0.15) is 0 Å². The molecule has 0 spiro atoms. The Balaban J connectivity index is 2.52. The zero-order valence-electron chi connectivity index (χ0n) is 14.8. The number of hydrogen-bond donors (Lipinski definition) is 0. The number of halogens is 1. The van der Waals surface area contributed by atoms with Crippen LogP contribution in [0.5, 0.6) is 5.75 Å². The van der Waals surface area contributed by atoms with Crippen LogP contribution in [0.4, 0.5) is 0 Å². The smallest absolute Gasteiger partial charge is 0.404 e. The fraction of sp³-hybridized carbons (Fsp3) is 0.667. The Bertz CT molecular complexity index is 460. The highest BCUT2D eigenvalue weighted by Gasteiger charge is 2.28. The van der Waals surface area contributed by atoms with Crippen molar-refractivity contribution in [1.29, 1.82) is 0 Å². The quantitative estimate of drug-likeness (QED) is 0.237. The molecule has 1 rings (SSSR count). The van der Waals surface area contributed by atoms with Gasteiger partial charge < -0.3 is 4.52 Å². The van der Waals surface area contributed by atoms with Crippen molar-refractivity contribution in [2.75, 3.05) is 13.2 Å². The molecule has 0 aliphatic carbocycles. The minimum Gasteiger partial charge on any atom is -0.404 e. The Morgan fingerprint density at radius 3 is 1.79 bits per heavy atom. The summed E-state index contributed by atoms with van der Waals surface area (Å²) in [6.07, 6.45) is 8.46. The van der Waals surface area contributed by atoms with E-state index in [2.05, 4.69) is 29.8 Å². The zero-order valence-corrected chi connectivity index (χ0v) is 17.3. The van der Waals surface area contributed by atoms with E-state index in [1.54, 1.807) is 12.1 Å². The van der Waals surface area contributed by atoms with Gasteiger partial charge in [0.15, 0.2) is 0 Å². The van der Waals surface area contributed by atoms with E-state index in [0.717, 1.165) is 55.8 Å². The Morgan fingerprint density at radius 1 is 0.833 bits per heavy atom. The van der Waals surface area contributed by atoms with E-state index in [4.69, 9.17) is 13.6 Å². The molecule has 138 valence electrons. The molecule has 0 fully saturated rings. The van der Waals surface area contributed by atoms with Gasteiger partial charge in [-0.05, 0) is 37.1 Å². The minimum absolute atomic E-state index is 0.392. The summed E-state index contributed by atoms with van der Waals surface area (Å²) in [5, 5.41) is 0. The third-order valence-electron chi connectivity index (χ3n) is 3.53. The lowest BCUT2D eigenvalue weighted by molar-refractivity contribution is 0.151. The molecule has 0 unspecified atom stereocenters. The fourth-order valence-corrected chi connectivity index (χ4v) is 3.65. The molecule has 0 radical (unpaired) electrons. The summed E-state index contributed by atoms with van der Waals surface area (Å²) in [5.41, 5.74) is 0. The highest BCUT2D eigenvalue weighted by Crippen LogP contribution is 2.49. The largest absolute Gasteiger partial charge is 0.530 e. The highest BCUT2D eigenvalue weighted by molar-refractivity contribution is 9.10. The molecule has 0 aromatic heterocycles. The lowest BCUT2D eigenvalue weighted by Gasteiger charge is -2.18. The minimum atomic E-state index is -3.57. The summed E-state index contributed by atoms with van der Waals surface area (Å²) < 4.78 is 30.4. The Hall–Kier alpha value is -0.350. The van der Waals surface area contributed by atoms with Crippen molar-refractivity contribution in [2.45, 2.75) is 65.2 Å². The first kappa shape index (κ1) is 21.7. The predicted octanol–water partition coefficient (Wildman–Crippen LogP) is 7.13. The van der Waals surface area contributed by atoms with Crippen LogP contribution in [0, 0.1) is 0 Å². The SMILES string of the molecule is CCCCCCOP(=O)(OCCCCCC)Oc1ccc(Br)cc1. The predicted molar refractivity (Wildman–Crippen MR) is 103 cm³/mol. The van der Waals surface area contributed by atoms with Crippen LogP contribution in [0.2, 0.25) is 0 Å². The van der Waals surface area contributed by atoms with E-state index in [0.29, 0.717) is 19.0 Å². The maximum atomic E-state index is 12.9. The van der Waals surface area contributed by atoms with Crippen LogP contribution in [0.15, 0.2) is 28.7 Å². The van der Waals surface area contributed by atoms with Gasteiger partial charge >= 0.3 is 7.82 Å². The maximum absolute atomic E-state index is 12.9. The van der Waals surface area contributed by atoms with E-state index >= 15 is 0 Å². The van der Waals surface area contributed by atoms with E-state index in [1.165, 1.54) is 0 Å². The number of rotatable bonds is 14. The Kier molecular flexibility index (Phi) is 11.7. The third-order valence-corrected chi connectivity index (χ3v) is 5.49. The third kappa shape index (κ3) is 9.83. The van der Waals surface area contributed by atoms with Gasteiger partial charge in [0, 0.05) is 4.47 Å². The molecule has 0 saturated heterocycles. The second kappa shape index (κ2) is 12.9. The average molecular weight is 421 g/mol. The van der Waals surface area contributed by atoms with Gasteiger partial charge in [-0.3, -0.25) is 9.05 Å². The number of phosphoric acid groups is 1. The molecule has 0 N–H and O–H groups in total. The second-order valence-electron chi connectivity index (χ2n) is 5.78. The molecule has 6 heteroatoms. The highest BCUT2D eigenvalue weighted by atomic mass is 79.9. The molecule has 4 nitrogen and oxygen atoms in total. The van der Waals surface area contributed by atoms with E-state index in [1.807, 2.05) is 12.1 Å². The van der Waals surface area contributed by atoms with Crippen molar-refractivity contribution in [3.05, 3.63) is 28.7 Å². The van der Waals surface area contributed by atoms with Crippen molar-refractivity contribution in [1.82, 2.24) is 0 Å². The van der Waals surface area contributed by atoms with Crippen LogP contribution in [0.25, 0.3) is 0 Å². The zero-order chi connectivity index (χ0) is 17.7. The Labute approximate surface area is 155 Å². The van der Waals surface area contributed by atoms with Gasteiger partial charge in [-0.25, -0.2) is 4.57 Å². The topological polar surface area (TPSA) is 44.8 Å². The van der Waals surface area contributed by atoms with Crippen LogP contribution in [-0.4, -0.2) is 13.2 Å². The number of unbranched alkanes of at least 4 members (excludes halogenated alkanes) is 6. The molecule has 0 aliphatic rings. The average Bonchev–Trinajstić information content (AvgIpc) is 2.57. The van der Waals surface area contributed by atoms with Crippen LogP contribution >= 0.6 is 23.8 Å². The molecule has 0 atom stereocenters. The molecule has 24 heavy (non-hydrogen) atoms. The second-order valence-corrected chi connectivity index (χ2v) is 8.29. The normalized spacial score (nSPS) is 11.6. The fourth-order valence-electron chi connectivity index (χ4n) is 2.12. The molecule has 0 heterocycles. The van der Waals surface area contributed by atoms with Crippen LogP contribution in [-0.2, 0) is 13.6 Å². The summed E-state index contributed by atoms with van der Waals surface area (Å²) in [4.78, 5) is 0. The summed E-state index contributed by atoms with van der Waals surface area (Å²) in [6.45, 7) is 5.09. The van der Waals surface area contributed by atoms with Crippen molar-refractivity contribution in [3.8, 4) is 5.75 Å². The molecular formula is C18H30BrO4P. The summed E-state index contributed by atoms with van der Waals surface area (Å²) in [5.74, 6) is 0.489. The van der Waals surface area contributed by atoms with Crippen molar-refractivity contribution in [2.24, 2.45) is 0 Å². The molecule has 0 amide bonds. The lowest BCUT2D eigenvalue weighted by atomic mass is 10.2. The van der Waals surface area contributed by atoms with Crippen molar-refractivity contribution >= 4 is 23.8 Å². The number of hydrogen-bond acceptors (Lipinski definition) is 4. The molecular weight excluding hydrogens is 391 g/mol. The molecule has 0 bridgehead atoms. The first-order valence-corrected chi connectivity index (χ1v) is 11.2. The molecule has 1 aromatic rings. The van der Waals surface area contributed by atoms with E-state index < -0.39 is 7.82 Å². The number of phosphoric ester groups is 1.